The van der Waals surface area contributed by atoms with Crippen molar-refractivity contribution in [3.63, 3.8) is 0 Å². The molecule has 0 aliphatic rings. The highest BCUT2D eigenvalue weighted by Gasteiger charge is 2.21. The number of fused-ring (bicyclic) bond motifs is 1. The van der Waals surface area contributed by atoms with Gasteiger partial charge in [0.25, 0.3) is 11.8 Å². The Balaban J connectivity index is 1.17. The van der Waals surface area contributed by atoms with Crippen LogP contribution in [0.15, 0.2) is 67.3 Å². The van der Waals surface area contributed by atoms with Crippen LogP contribution in [0.3, 0.4) is 0 Å². The van der Waals surface area contributed by atoms with Gasteiger partial charge in [-0.15, -0.1) is 25.0 Å². The molecule has 2 amide bonds. The maximum Gasteiger partial charge on any atom is 0.337 e. The largest absolute Gasteiger partial charge is 0.478 e. The Morgan fingerprint density at radius 1 is 0.776 bits per heavy atom. The fourth-order valence-electron chi connectivity index (χ4n) is 4.41. The average molecular weight is 688 g/mol. The number of anilines is 2. The highest BCUT2D eigenvalue weighted by Crippen LogP contribution is 2.29. The van der Waals surface area contributed by atoms with Crippen molar-refractivity contribution in [1.29, 1.82) is 0 Å². The Bertz CT molecular complexity index is 2250. The molecule has 0 unspecified atom stereocenters. The fraction of sp³-hybridized carbons (Fsp3) is 0.0690. The van der Waals surface area contributed by atoms with Crippen LogP contribution >= 0.6 is 11.8 Å². The summed E-state index contributed by atoms with van der Waals surface area (Å²) in [5.41, 5.74) is -1.57. The van der Waals surface area contributed by atoms with Gasteiger partial charge in [0.2, 0.25) is 0 Å². The highest BCUT2D eigenvalue weighted by atomic mass is 32.2. The number of imidazole rings is 1. The van der Waals surface area contributed by atoms with Crippen molar-refractivity contribution in [2.24, 2.45) is 0 Å². The lowest BCUT2D eigenvalue weighted by Gasteiger charge is -2.13. The molecular formula is C29H19F2N11O6S. The number of tetrazole rings is 1. The van der Waals surface area contributed by atoms with E-state index in [1.54, 1.807) is 10.8 Å². The molecule has 0 aliphatic carbocycles. The molecule has 6 rings (SSSR count). The number of nitrogens with one attached hydrogen (secondary N) is 2. The molecule has 17 nitrogen and oxygen atoms in total. The van der Waals surface area contributed by atoms with E-state index in [-0.39, 0.29) is 51.0 Å². The van der Waals surface area contributed by atoms with Gasteiger partial charge >= 0.3 is 11.9 Å². The maximum atomic E-state index is 15.0. The highest BCUT2D eigenvalue weighted by molar-refractivity contribution is 7.97. The minimum Gasteiger partial charge on any atom is -0.478 e. The third-order valence-corrected chi connectivity index (χ3v) is 7.83. The Morgan fingerprint density at radius 3 is 1.94 bits per heavy atom. The second-order valence-corrected chi connectivity index (χ2v) is 11.0. The molecule has 246 valence electrons. The summed E-state index contributed by atoms with van der Waals surface area (Å²) >= 11 is 0.999. The summed E-state index contributed by atoms with van der Waals surface area (Å²) in [6.45, 7) is 0. The van der Waals surface area contributed by atoms with E-state index in [1.807, 2.05) is 0 Å². The van der Waals surface area contributed by atoms with Crippen molar-refractivity contribution >= 4 is 52.5 Å². The molecule has 4 heterocycles. The number of amides is 2. The first-order valence-electron chi connectivity index (χ1n) is 13.8. The number of nitrogens with zero attached hydrogens (tertiary/aromatic N) is 9. The molecule has 4 N–H and O–H groups in total. The minimum atomic E-state index is -1.51. The van der Waals surface area contributed by atoms with E-state index in [0.29, 0.717) is 5.82 Å². The molecule has 0 fully saturated rings. The number of halogens is 2. The first-order chi connectivity index (χ1) is 23.6. The molecule has 4 aromatic heterocycles. The predicted molar refractivity (Wildman–Crippen MR) is 165 cm³/mol. The van der Waals surface area contributed by atoms with Crippen LogP contribution in [0.2, 0.25) is 0 Å². The summed E-state index contributed by atoms with van der Waals surface area (Å²) in [6.07, 6.45) is 4.63. The number of aromatic nitrogens is 9. The predicted octanol–water partition coefficient (Wildman–Crippen LogP) is 3.11. The van der Waals surface area contributed by atoms with Crippen molar-refractivity contribution in [3.8, 4) is 5.82 Å². The zero-order chi connectivity index (χ0) is 34.7. The minimum absolute atomic E-state index is 0.0213. The lowest BCUT2D eigenvalue weighted by molar-refractivity contribution is 0.0686. The molecule has 0 spiro atoms. The molecule has 0 radical (unpaired) electrons. The number of carboxylic acid groups (broad SMARTS) is 2. The standard InChI is InChI=1S/C29H19F2N11O6S/c30-18-9-16(28(45)46)22(33-26(43)20-1-3-24(36-35-20)41-6-5-32-13-41)7-14(18)11-49-12-15-8-23(17(29(47)48)10-19(15)31)34-27(44)21-2-4-25-37-39-40-42(25)38-21/h1-10,13H,11-12H2,(H,33,43)(H,34,44)(H,45,46)(H,47,48). The fourth-order valence-corrected chi connectivity index (χ4v) is 5.40. The van der Waals surface area contributed by atoms with E-state index in [4.69, 9.17) is 0 Å². The Labute approximate surface area is 276 Å². The van der Waals surface area contributed by atoms with E-state index in [0.717, 1.165) is 40.7 Å². The van der Waals surface area contributed by atoms with E-state index < -0.39 is 46.5 Å². The van der Waals surface area contributed by atoms with Crippen molar-refractivity contribution < 1.29 is 38.2 Å². The first kappa shape index (κ1) is 32.2. The summed E-state index contributed by atoms with van der Waals surface area (Å²) in [5, 5.41) is 46.5. The average Bonchev–Trinajstić information content (AvgIpc) is 3.79. The number of hydrogen-bond acceptors (Lipinski definition) is 12. The van der Waals surface area contributed by atoms with Crippen LogP contribution in [0, 0.1) is 11.6 Å². The van der Waals surface area contributed by atoms with Gasteiger partial charge in [-0.25, -0.2) is 23.4 Å². The van der Waals surface area contributed by atoms with Gasteiger partial charge in [0.05, 0.1) is 22.5 Å². The number of carbonyl (C=O) groups is 4. The smallest absolute Gasteiger partial charge is 0.337 e. The summed E-state index contributed by atoms with van der Waals surface area (Å²) in [6, 6.07) is 9.36. The Hall–Kier alpha value is -6.70. The van der Waals surface area contributed by atoms with Crippen LogP contribution in [-0.4, -0.2) is 79.0 Å². The molecule has 0 saturated carbocycles. The van der Waals surface area contributed by atoms with Crippen molar-refractivity contribution in [2.45, 2.75) is 11.5 Å². The zero-order valence-electron chi connectivity index (χ0n) is 24.5. The van der Waals surface area contributed by atoms with Crippen LogP contribution in [0.1, 0.15) is 52.8 Å². The van der Waals surface area contributed by atoms with Crippen LogP contribution in [0.5, 0.6) is 0 Å². The lowest BCUT2D eigenvalue weighted by atomic mass is 10.1. The molecule has 6 aromatic rings. The number of hydrogen-bond donors (Lipinski definition) is 4. The monoisotopic (exact) mass is 687 g/mol. The molecule has 0 bridgehead atoms. The topological polar surface area (TPSA) is 232 Å². The van der Waals surface area contributed by atoms with Gasteiger partial charge in [0, 0.05) is 23.9 Å². The zero-order valence-corrected chi connectivity index (χ0v) is 25.3. The van der Waals surface area contributed by atoms with Gasteiger partial charge < -0.3 is 20.8 Å². The van der Waals surface area contributed by atoms with E-state index >= 15 is 0 Å². The Morgan fingerprint density at radius 2 is 1.39 bits per heavy atom. The van der Waals surface area contributed by atoms with Gasteiger partial charge in [-0.2, -0.15) is 11.8 Å². The van der Waals surface area contributed by atoms with Gasteiger partial charge in [-0.3, -0.25) is 14.2 Å². The molecule has 49 heavy (non-hydrogen) atoms. The van der Waals surface area contributed by atoms with Crippen LogP contribution in [0.25, 0.3) is 11.5 Å². The number of carbonyl (C=O) groups excluding carboxylic acids is 2. The van der Waals surface area contributed by atoms with Crippen molar-refractivity contribution in [3.05, 3.63) is 113 Å². The summed E-state index contributed by atoms with van der Waals surface area (Å²) in [5.74, 6) is -6.29. The Kier molecular flexibility index (Phi) is 8.93. The molecule has 0 saturated heterocycles. The van der Waals surface area contributed by atoms with E-state index in [9.17, 15) is 38.2 Å². The summed E-state index contributed by atoms with van der Waals surface area (Å²) in [7, 11) is 0. The van der Waals surface area contributed by atoms with Gasteiger partial charge in [-0.1, -0.05) is 0 Å². The molecule has 0 atom stereocenters. The molecule has 0 aliphatic heterocycles. The van der Waals surface area contributed by atoms with Crippen LogP contribution in [0.4, 0.5) is 20.2 Å². The van der Waals surface area contributed by atoms with Crippen molar-refractivity contribution in [1.82, 2.24) is 45.0 Å². The SMILES string of the molecule is O=C(Nc1cc(CSCc2cc(NC(=O)c3ccc4nnnn4n3)c(C(=O)O)cc2F)c(F)cc1C(=O)O)c1ccc(-n2ccnc2)nn1. The summed E-state index contributed by atoms with van der Waals surface area (Å²) < 4.78 is 32.5. The van der Waals surface area contributed by atoms with Gasteiger partial charge in [0.15, 0.2) is 22.9 Å². The number of carboxylic acids is 2. The third-order valence-electron chi connectivity index (χ3n) is 6.80. The van der Waals surface area contributed by atoms with Crippen LogP contribution in [-0.2, 0) is 11.5 Å². The third kappa shape index (κ3) is 7.02. The number of benzene rings is 2. The quantitative estimate of drug-likeness (QED) is 0.153. The normalized spacial score (nSPS) is 11.0. The van der Waals surface area contributed by atoms with E-state index in [1.165, 1.54) is 36.8 Å². The second kappa shape index (κ2) is 13.6. The van der Waals surface area contributed by atoms with E-state index in [2.05, 4.69) is 46.4 Å². The number of thioether (sulfide) groups is 1. The van der Waals surface area contributed by atoms with Crippen LogP contribution < -0.4 is 10.6 Å². The molecule has 2 aromatic carbocycles. The van der Waals surface area contributed by atoms with Gasteiger partial charge in [0.1, 0.15) is 18.0 Å². The van der Waals surface area contributed by atoms with Crippen molar-refractivity contribution in [2.75, 3.05) is 10.6 Å². The first-order valence-corrected chi connectivity index (χ1v) is 14.9. The lowest BCUT2D eigenvalue weighted by Crippen LogP contribution is -2.18. The molecule has 20 heteroatoms. The summed E-state index contributed by atoms with van der Waals surface area (Å²) in [4.78, 5) is 53.3. The maximum absolute atomic E-state index is 15.0. The number of rotatable bonds is 11. The number of aromatic carboxylic acids is 2. The second-order valence-electron chi connectivity index (χ2n) is 9.98. The molecular weight excluding hydrogens is 668 g/mol. The van der Waals surface area contributed by atoms with Gasteiger partial charge in [-0.05, 0) is 70.1 Å².